The SMILES string of the molecule is Cc1nsc(Nc2ccc(I)cc2Cl)c1C(=O)O. The smallest absolute Gasteiger partial charge is 0.340 e. The van der Waals surface area contributed by atoms with E-state index in [1.807, 2.05) is 12.1 Å². The summed E-state index contributed by atoms with van der Waals surface area (Å²) >= 11 is 9.36. The molecule has 18 heavy (non-hydrogen) atoms. The lowest BCUT2D eigenvalue weighted by Gasteiger charge is -2.07. The lowest BCUT2D eigenvalue weighted by molar-refractivity contribution is 0.0697. The van der Waals surface area contributed by atoms with Crippen molar-refractivity contribution < 1.29 is 9.90 Å². The van der Waals surface area contributed by atoms with Crippen molar-refractivity contribution in [2.45, 2.75) is 6.92 Å². The van der Waals surface area contributed by atoms with Gasteiger partial charge >= 0.3 is 5.97 Å². The molecule has 0 amide bonds. The monoisotopic (exact) mass is 394 g/mol. The molecular formula is C11H8ClIN2O2S. The Balaban J connectivity index is 2.37. The number of carbonyl (C=O) groups is 1. The summed E-state index contributed by atoms with van der Waals surface area (Å²) in [6.45, 7) is 1.67. The van der Waals surface area contributed by atoms with E-state index in [4.69, 9.17) is 16.7 Å². The Morgan fingerprint density at radius 3 is 2.89 bits per heavy atom. The molecule has 0 fully saturated rings. The third-order valence-electron chi connectivity index (χ3n) is 2.26. The highest BCUT2D eigenvalue weighted by molar-refractivity contribution is 14.1. The summed E-state index contributed by atoms with van der Waals surface area (Å²) in [6.07, 6.45) is 0. The molecule has 0 saturated heterocycles. The van der Waals surface area contributed by atoms with Crippen LogP contribution < -0.4 is 5.32 Å². The Morgan fingerprint density at radius 2 is 2.28 bits per heavy atom. The van der Waals surface area contributed by atoms with E-state index >= 15 is 0 Å². The van der Waals surface area contributed by atoms with Gasteiger partial charge in [-0.3, -0.25) is 0 Å². The molecular weight excluding hydrogens is 387 g/mol. The second-order valence-corrected chi connectivity index (χ2v) is 5.95. The summed E-state index contributed by atoms with van der Waals surface area (Å²) in [7, 11) is 0. The largest absolute Gasteiger partial charge is 0.478 e. The Bertz CT molecular complexity index is 615. The molecule has 94 valence electrons. The standard InChI is InChI=1S/C11H8ClIN2O2S/c1-5-9(11(16)17)10(18-15-5)14-8-3-2-6(13)4-7(8)12/h2-4,14H,1H3,(H,16,17). The molecule has 2 aromatic rings. The van der Waals surface area contributed by atoms with E-state index in [0.717, 1.165) is 15.1 Å². The molecule has 0 bridgehead atoms. The maximum absolute atomic E-state index is 11.1. The van der Waals surface area contributed by atoms with E-state index in [0.29, 0.717) is 21.4 Å². The molecule has 0 aliphatic carbocycles. The third-order valence-corrected chi connectivity index (χ3v) is 4.09. The number of aromatic nitrogens is 1. The van der Waals surface area contributed by atoms with E-state index in [1.54, 1.807) is 13.0 Å². The number of carboxylic acid groups (broad SMARTS) is 1. The minimum atomic E-state index is -0.995. The molecule has 0 radical (unpaired) electrons. The molecule has 0 aliphatic rings. The van der Waals surface area contributed by atoms with Gasteiger partial charge in [0.1, 0.15) is 10.6 Å². The molecule has 2 N–H and O–H groups in total. The van der Waals surface area contributed by atoms with Crippen molar-refractivity contribution in [2.75, 3.05) is 5.32 Å². The number of anilines is 2. The average Bonchev–Trinajstić information content (AvgIpc) is 2.64. The lowest BCUT2D eigenvalue weighted by Crippen LogP contribution is -2.01. The van der Waals surface area contributed by atoms with Crippen LogP contribution in [0.25, 0.3) is 0 Å². The number of nitrogens with zero attached hydrogens (tertiary/aromatic N) is 1. The molecule has 4 nitrogen and oxygen atoms in total. The van der Waals surface area contributed by atoms with Crippen molar-refractivity contribution in [3.63, 3.8) is 0 Å². The fraction of sp³-hybridized carbons (Fsp3) is 0.0909. The predicted octanol–water partition coefficient (Wildman–Crippen LogP) is 4.15. The van der Waals surface area contributed by atoms with Gasteiger partial charge in [0.05, 0.1) is 16.4 Å². The van der Waals surface area contributed by atoms with Crippen molar-refractivity contribution in [3.8, 4) is 0 Å². The second kappa shape index (κ2) is 5.41. The van der Waals surface area contributed by atoms with Crippen molar-refractivity contribution >= 4 is 62.4 Å². The van der Waals surface area contributed by atoms with Gasteiger partial charge in [-0.15, -0.1) is 0 Å². The lowest BCUT2D eigenvalue weighted by atomic mass is 10.2. The molecule has 2 rings (SSSR count). The minimum Gasteiger partial charge on any atom is -0.478 e. The zero-order valence-electron chi connectivity index (χ0n) is 9.20. The van der Waals surface area contributed by atoms with Crippen LogP contribution in [0.3, 0.4) is 0 Å². The van der Waals surface area contributed by atoms with Gasteiger partial charge in [-0.05, 0) is 59.2 Å². The Kier molecular flexibility index (Phi) is 4.08. The number of carboxylic acids is 1. The number of aryl methyl sites for hydroxylation is 1. The highest BCUT2D eigenvalue weighted by Crippen LogP contribution is 2.32. The zero-order chi connectivity index (χ0) is 13.3. The van der Waals surface area contributed by atoms with Gasteiger partial charge in [0, 0.05) is 3.57 Å². The van der Waals surface area contributed by atoms with Crippen LogP contribution in [0.2, 0.25) is 5.02 Å². The van der Waals surface area contributed by atoms with Crippen LogP contribution in [-0.2, 0) is 0 Å². The number of rotatable bonds is 3. The van der Waals surface area contributed by atoms with Gasteiger partial charge in [-0.25, -0.2) is 4.79 Å². The van der Waals surface area contributed by atoms with E-state index in [2.05, 4.69) is 32.3 Å². The first kappa shape index (κ1) is 13.6. The third kappa shape index (κ3) is 2.76. The van der Waals surface area contributed by atoms with Crippen LogP contribution in [0, 0.1) is 10.5 Å². The van der Waals surface area contributed by atoms with Gasteiger partial charge in [-0.2, -0.15) is 4.37 Å². The summed E-state index contributed by atoms with van der Waals surface area (Å²) in [6, 6.07) is 5.51. The minimum absolute atomic E-state index is 0.189. The fourth-order valence-corrected chi connectivity index (χ4v) is 3.12. The number of halogens is 2. The van der Waals surface area contributed by atoms with E-state index in [-0.39, 0.29) is 5.56 Å². The zero-order valence-corrected chi connectivity index (χ0v) is 12.9. The highest BCUT2D eigenvalue weighted by atomic mass is 127. The number of hydrogen-bond acceptors (Lipinski definition) is 4. The van der Waals surface area contributed by atoms with Gasteiger partial charge in [0.2, 0.25) is 0 Å². The van der Waals surface area contributed by atoms with Crippen molar-refractivity contribution in [1.82, 2.24) is 4.37 Å². The number of aromatic carboxylic acids is 1. The molecule has 1 aromatic carbocycles. The Morgan fingerprint density at radius 1 is 1.56 bits per heavy atom. The average molecular weight is 395 g/mol. The highest BCUT2D eigenvalue weighted by Gasteiger charge is 2.18. The molecule has 7 heteroatoms. The van der Waals surface area contributed by atoms with Crippen LogP contribution in [0.5, 0.6) is 0 Å². The maximum Gasteiger partial charge on any atom is 0.340 e. The van der Waals surface area contributed by atoms with Gasteiger partial charge in [0.15, 0.2) is 0 Å². The van der Waals surface area contributed by atoms with Crippen LogP contribution in [-0.4, -0.2) is 15.4 Å². The van der Waals surface area contributed by atoms with Crippen LogP contribution >= 0.6 is 45.7 Å². The summed E-state index contributed by atoms with van der Waals surface area (Å²) in [4.78, 5) is 11.1. The van der Waals surface area contributed by atoms with Crippen molar-refractivity contribution in [3.05, 3.63) is 38.0 Å². The van der Waals surface area contributed by atoms with E-state index < -0.39 is 5.97 Å². The summed E-state index contributed by atoms with van der Waals surface area (Å²) in [5, 5.41) is 13.2. The summed E-state index contributed by atoms with van der Waals surface area (Å²) < 4.78 is 5.05. The first-order chi connectivity index (χ1) is 8.49. The van der Waals surface area contributed by atoms with Crippen molar-refractivity contribution in [2.24, 2.45) is 0 Å². The van der Waals surface area contributed by atoms with Crippen LogP contribution in [0.15, 0.2) is 18.2 Å². The summed E-state index contributed by atoms with van der Waals surface area (Å²) in [5.74, 6) is -0.995. The molecule has 1 heterocycles. The van der Waals surface area contributed by atoms with Gasteiger partial charge < -0.3 is 10.4 Å². The number of hydrogen-bond donors (Lipinski definition) is 2. The first-order valence-electron chi connectivity index (χ1n) is 4.90. The van der Waals surface area contributed by atoms with E-state index in [1.165, 1.54) is 0 Å². The van der Waals surface area contributed by atoms with Gasteiger partial charge in [-0.1, -0.05) is 11.6 Å². The first-order valence-corrected chi connectivity index (χ1v) is 7.13. The fourth-order valence-electron chi connectivity index (χ4n) is 1.42. The second-order valence-electron chi connectivity index (χ2n) is 3.53. The van der Waals surface area contributed by atoms with Gasteiger partial charge in [0.25, 0.3) is 0 Å². The molecule has 1 aromatic heterocycles. The quantitative estimate of drug-likeness (QED) is 0.768. The van der Waals surface area contributed by atoms with Crippen LogP contribution in [0.4, 0.5) is 10.7 Å². The maximum atomic E-state index is 11.1. The van der Waals surface area contributed by atoms with E-state index in [9.17, 15) is 4.79 Å². The van der Waals surface area contributed by atoms with Crippen molar-refractivity contribution in [1.29, 1.82) is 0 Å². The summed E-state index contributed by atoms with van der Waals surface area (Å²) in [5.41, 5.74) is 1.36. The number of benzene rings is 1. The molecule has 0 spiro atoms. The molecule has 0 unspecified atom stereocenters. The topological polar surface area (TPSA) is 62.2 Å². The predicted molar refractivity (Wildman–Crippen MR) is 81.3 cm³/mol. The molecule has 0 aliphatic heterocycles. The normalized spacial score (nSPS) is 10.4. The molecule has 0 saturated carbocycles. The number of nitrogens with one attached hydrogen (secondary N) is 1. The Labute approximate surface area is 126 Å². The molecule has 0 atom stereocenters. The van der Waals surface area contributed by atoms with Crippen LogP contribution in [0.1, 0.15) is 16.1 Å². The Hall–Kier alpha value is -0.860.